The number of ether oxygens (including phenoxy) is 1. The molecule has 28 heavy (non-hydrogen) atoms. The molecule has 0 saturated carbocycles. The Kier molecular flexibility index (Phi) is 5.22. The van der Waals surface area contributed by atoms with E-state index in [-0.39, 0.29) is 0 Å². The van der Waals surface area contributed by atoms with Crippen LogP contribution in [0.25, 0.3) is 6.08 Å². The van der Waals surface area contributed by atoms with E-state index < -0.39 is 5.97 Å². The Morgan fingerprint density at radius 1 is 0.964 bits per heavy atom. The van der Waals surface area contributed by atoms with E-state index in [1.54, 1.807) is 24.3 Å². The average molecular weight is 390 g/mol. The van der Waals surface area contributed by atoms with E-state index in [2.05, 4.69) is 5.16 Å². The minimum atomic E-state index is -0.507. The van der Waals surface area contributed by atoms with Crippen LogP contribution in [0.4, 0.5) is 0 Å². The molecule has 5 heteroatoms. The molecule has 0 bridgehead atoms. The SMILES string of the molecule is O=C1ON=C(c2ccccc2)/C1=C/c1cc(Cl)ccc1OCc1ccccc1. The molecule has 0 atom stereocenters. The zero-order valence-corrected chi connectivity index (χ0v) is 15.6. The molecule has 3 aromatic rings. The van der Waals surface area contributed by atoms with Crippen molar-refractivity contribution in [2.24, 2.45) is 5.16 Å². The Hall–Kier alpha value is -3.37. The highest BCUT2D eigenvalue weighted by Crippen LogP contribution is 2.29. The van der Waals surface area contributed by atoms with Gasteiger partial charge in [-0.1, -0.05) is 77.4 Å². The second-order valence-corrected chi connectivity index (χ2v) is 6.64. The standard InChI is InChI=1S/C23H16ClNO3/c24-19-11-12-21(27-15-16-7-3-1-4-8-16)18(13-19)14-20-22(25-28-23(20)26)17-9-5-2-6-10-17/h1-14H,15H2/b20-14-. The lowest BCUT2D eigenvalue weighted by atomic mass is 10.0. The maximum Gasteiger partial charge on any atom is 0.368 e. The molecule has 0 spiro atoms. The van der Waals surface area contributed by atoms with Gasteiger partial charge in [-0.2, -0.15) is 0 Å². The molecule has 4 nitrogen and oxygen atoms in total. The van der Waals surface area contributed by atoms with Crippen molar-refractivity contribution >= 4 is 29.4 Å². The van der Waals surface area contributed by atoms with Crippen LogP contribution in [0.3, 0.4) is 0 Å². The van der Waals surface area contributed by atoms with Crippen molar-refractivity contribution in [2.45, 2.75) is 6.61 Å². The highest BCUT2D eigenvalue weighted by atomic mass is 35.5. The van der Waals surface area contributed by atoms with E-state index in [1.807, 2.05) is 60.7 Å². The van der Waals surface area contributed by atoms with Gasteiger partial charge in [0, 0.05) is 16.1 Å². The number of hydrogen-bond acceptors (Lipinski definition) is 4. The van der Waals surface area contributed by atoms with Crippen molar-refractivity contribution in [1.82, 2.24) is 0 Å². The summed E-state index contributed by atoms with van der Waals surface area (Å²) in [7, 11) is 0. The van der Waals surface area contributed by atoms with Gasteiger partial charge < -0.3 is 9.57 Å². The normalized spacial score (nSPS) is 14.7. The van der Waals surface area contributed by atoms with E-state index in [9.17, 15) is 4.79 Å². The van der Waals surface area contributed by atoms with Crippen molar-refractivity contribution in [3.05, 3.63) is 106 Å². The topological polar surface area (TPSA) is 47.9 Å². The van der Waals surface area contributed by atoms with E-state index in [0.29, 0.717) is 34.2 Å². The number of carbonyl (C=O) groups excluding carboxylic acids is 1. The molecule has 4 rings (SSSR count). The molecule has 1 heterocycles. The first-order chi connectivity index (χ1) is 13.7. The third-order valence-electron chi connectivity index (χ3n) is 4.25. The molecule has 1 aliphatic heterocycles. The molecule has 1 aliphatic rings. The number of benzene rings is 3. The number of hydrogen-bond donors (Lipinski definition) is 0. The van der Waals surface area contributed by atoms with E-state index in [4.69, 9.17) is 21.2 Å². The quantitative estimate of drug-likeness (QED) is 0.441. The van der Waals surface area contributed by atoms with E-state index in [1.165, 1.54) is 0 Å². The lowest BCUT2D eigenvalue weighted by molar-refractivity contribution is -0.136. The molecule has 0 amide bonds. The fourth-order valence-corrected chi connectivity index (χ4v) is 3.05. The number of halogens is 1. The van der Waals surface area contributed by atoms with Gasteiger partial charge in [-0.05, 0) is 29.8 Å². The summed E-state index contributed by atoms with van der Waals surface area (Å²) in [5, 5.41) is 4.48. The summed E-state index contributed by atoms with van der Waals surface area (Å²) in [4.78, 5) is 17.2. The maximum absolute atomic E-state index is 12.3. The van der Waals surface area contributed by atoms with Gasteiger partial charge in [0.1, 0.15) is 18.1 Å². The van der Waals surface area contributed by atoms with Crippen molar-refractivity contribution in [2.75, 3.05) is 0 Å². The summed E-state index contributed by atoms with van der Waals surface area (Å²) in [6.45, 7) is 0.405. The first-order valence-electron chi connectivity index (χ1n) is 8.74. The zero-order chi connectivity index (χ0) is 19.3. The summed E-state index contributed by atoms with van der Waals surface area (Å²) >= 11 is 6.18. The fourth-order valence-electron chi connectivity index (χ4n) is 2.87. The summed E-state index contributed by atoms with van der Waals surface area (Å²) in [6.07, 6.45) is 1.70. The van der Waals surface area contributed by atoms with Crippen LogP contribution in [0.5, 0.6) is 5.75 Å². The summed E-state index contributed by atoms with van der Waals surface area (Å²) in [6, 6.07) is 24.6. The molecule has 138 valence electrons. The van der Waals surface area contributed by atoms with Gasteiger partial charge >= 0.3 is 5.97 Å². The summed E-state index contributed by atoms with van der Waals surface area (Å²) in [5.41, 5.74) is 3.37. The Balaban J connectivity index is 1.67. The molecular formula is C23H16ClNO3. The van der Waals surface area contributed by atoms with Crippen molar-refractivity contribution in [3.63, 3.8) is 0 Å². The predicted octanol–water partition coefficient (Wildman–Crippen LogP) is 5.26. The van der Waals surface area contributed by atoms with Gasteiger partial charge in [-0.25, -0.2) is 4.79 Å². The minimum Gasteiger partial charge on any atom is -0.488 e. The highest BCUT2D eigenvalue weighted by Gasteiger charge is 2.27. The highest BCUT2D eigenvalue weighted by molar-refractivity contribution is 6.32. The van der Waals surface area contributed by atoms with Crippen LogP contribution in [0.2, 0.25) is 5.02 Å². The van der Waals surface area contributed by atoms with Gasteiger partial charge in [0.15, 0.2) is 0 Å². The molecular weight excluding hydrogens is 374 g/mol. The van der Waals surface area contributed by atoms with Gasteiger partial charge in [-0.15, -0.1) is 0 Å². The van der Waals surface area contributed by atoms with Crippen LogP contribution >= 0.6 is 11.6 Å². The fraction of sp³-hybridized carbons (Fsp3) is 0.0435. The van der Waals surface area contributed by atoms with Gasteiger partial charge in [-0.3, -0.25) is 0 Å². The molecule has 0 unspecified atom stereocenters. The summed E-state index contributed by atoms with van der Waals surface area (Å²) in [5.74, 6) is 0.112. The molecule has 0 aliphatic carbocycles. The maximum atomic E-state index is 12.3. The Labute approximate surface area is 167 Å². The monoisotopic (exact) mass is 389 g/mol. The molecule has 0 saturated heterocycles. The van der Waals surface area contributed by atoms with Crippen molar-refractivity contribution in [1.29, 1.82) is 0 Å². The van der Waals surface area contributed by atoms with Crippen molar-refractivity contribution in [3.8, 4) is 5.75 Å². The van der Waals surface area contributed by atoms with Crippen LogP contribution in [0.15, 0.2) is 89.6 Å². The van der Waals surface area contributed by atoms with Crippen LogP contribution in [-0.2, 0) is 16.2 Å². The van der Waals surface area contributed by atoms with Crippen LogP contribution in [-0.4, -0.2) is 11.7 Å². The van der Waals surface area contributed by atoms with Crippen LogP contribution in [0, 0.1) is 0 Å². The molecule has 0 N–H and O–H groups in total. The smallest absolute Gasteiger partial charge is 0.368 e. The third-order valence-corrected chi connectivity index (χ3v) is 4.49. The zero-order valence-electron chi connectivity index (χ0n) is 14.8. The van der Waals surface area contributed by atoms with Gasteiger partial charge in [0.2, 0.25) is 0 Å². The molecule has 0 fully saturated rings. The Morgan fingerprint density at radius 3 is 2.43 bits per heavy atom. The first kappa shape index (κ1) is 18.0. The lowest BCUT2D eigenvalue weighted by Gasteiger charge is -2.10. The Bertz CT molecular complexity index is 1060. The average Bonchev–Trinajstić information content (AvgIpc) is 3.09. The number of carbonyl (C=O) groups is 1. The molecule has 3 aromatic carbocycles. The van der Waals surface area contributed by atoms with Crippen molar-refractivity contribution < 1.29 is 14.4 Å². The van der Waals surface area contributed by atoms with Crippen LogP contribution < -0.4 is 4.74 Å². The lowest BCUT2D eigenvalue weighted by Crippen LogP contribution is -2.07. The largest absolute Gasteiger partial charge is 0.488 e. The third kappa shape index (κ3) is 3.97. The second-order valence-electron chi connectivity index (χ2n) is 6.20. The Morgan fingerprint density at radius 2 is 1.68 bits per heavy atom. The second kappa shape index (κ2) is 8.11. The minimum absolute atomic E-state index is 0.359. The number of oxime groups is 1. The van der Waals surface area contributed by atoms with E-state index in [0.717, 1.165) is 11.1 Å². The summed E-state index contributed by atoms with van der Waals surface area (Å²) < 4.78 is 5.97. The number of nitrogens with zero attached hydrogens (tertiary/aromatic N) is 1. The first-order valence-corrected chi connectivity index (χ1v) is 9.11. The van der Waals surface area contributed by atoms with E-state index >= 15 is 0 Å². The van der Waals surface area contributed by atoms with Crippen LogP contribution in [0.1, 0.15) is 16.7 Å². The molecule has 0 radical (unpaired) electrons. The molecule has 0 aromatic heterocycles. The predicted molar refractivity (Wildman–Crippen MR) is 109 cm³/mol. The van der Waals surface area contributed by atoms with Gasteiger partial charge in [0.05, 0.1) is 5.57 Å². The van der Waals surface area contributed by atoms with Gasteiger partial charge in [0.25, 0.3) is 0 Å². The number of rotatable bonds is 5.